The van der Waals surface area contributed by atoms with Gasteiger partial charge in [-0.2, -0.15) is 0 Å². The topological polar surface area (TPSA) is 81.7 Å². The van der Waals surface area contributed by atoms with Crippen LogP contribution in [0.15, 0.2) is 0 Å². The molecule has 6 heteroatoms. The number of urea groups is 1. The average molecular weight is 271 g/mol. The minimum atomic E-state index is -0.979. The number of piperidine rings is 1. The fraction of sp³-hybridized carbons (Fsp3) is 0.846. The fourth-order valence-corrected chi connectivity index (χ4v) is 2.20. The summed E-state index contributed by atoms with van der Waals surface area (Å²) in [5.41, 5.74) is 0. The molecule has 2 amide bonds. The highest BCUT2D eigenvalue weighted by molar-refractivity contribution is 5.82. The minimum Gasteiger partial charge on any atom is -0.480 e. The van der Waals surface area contributed by atoms with Gasteiger partial charge in [0.05, 0.1) is 0 Å². The number of carboxylic acid groups (broad SMARTS) is 1. The Balaban J connectivity index is 2.42. The number of aliphatic carboxylic acids is 1. The molecule has 0 aromatic carbocycles. The molecule has 110 valence electrons. The van der Waals surface area contributed by atoms with Crippen LogP contribution in [0.5, 0.6) is 0 Å². The largest absolute Gasteiger partial charge is 0.480 e. The Morgan fingerprint density at radius 2 is 1.95 bits per heavy atom. The monoisotopic (exact) mass is 271 g/mol. The molecule has 0 aliphatic carbocycles. The maximum atomic E-state index is 11.8. The van der Waals surface area contributed by atoms with Crippen molar-refractivity contribution in [2.45, 2.75) is 45.2 Å². The third-order valence-electron chi connectivity index (χ3n) is 3.82. The third-order valence-corrected chi connectivity index (χ3v) is 3.82. The Labute approximate surface area is 114 Å². The average Bonchev–Trinajstić information content (AvgIpc) is 2.37. The molecule has 1 aliphatic rings. The van der Waals surface area contributed by atoms with E-state index in [2.05, 4.69) is 22.6 Å². The van der Waals surface area contributed by atoms with Crippen molar-refractivity contribution in [3.8, 4) is 0 Å². The molecule has 0 unspecified atom stereocenters. The normalized spacial score (nSPS) is 20.6. The number of carbonyl (C=O) groups is 2. The molecule has 6 nitrogen and oxygen atoms in total. The van der Waals surface area contributed by atoms with E-state index in [0.29, 0.717) is 6.42 Å². The van der Waals surface area contributed by atoms with Crippen molar-refractivity contribution in [2.75, 3.05) is 20.1 Å². The highest BCUT2D eigenvalue weighted by Crippen LogP contribution is 2.10. The molecular weight excluding hydrogens is 246 g/mol. The number of amides is 2. The van der Waals surface area contributed by atoms with Crippen molar-refractivity contribution < 1.29 is 14.7 Å². The van der Waals surface area contributed by atoms with Gasteiger partial charge in [-0.25, -0.2) is 9.59 Å². The number of carbonyl (C=O) groups excluding carboxylic acids is 1. The van der Waals surface area contributed by atoms with Crippen LogP contribution >= 0.6 is 0 Å². The van der Waals surface area contributed by atoms with Crippen molar-refractivity contribution in [1.29, 1.82) is 0 Å². The van der Waals surface area contributed by atoms with Gasteiger partial charge in [0.2, 0.25) is 0 Å². The molecule has 1 rings (SSSR count). The first-order valence-electron chi connectivity index (χ1n) is 6.92. The quantitative estimate of drug-likeness (QED) is 0.693. The zero-order chi connectivity index (χ0) is 14.4. The molecule has 0 radical (unpaired) electrons. The summed E-state index contributed by atoms with van der Waals surface area (Å²) in [6, 6.07) is -1.05. The number of carboxylic acids is 1. The van der Waals surface area contributed by atoms with E-state index in [-0.39, 0.29) is 18.0 Å². The van der Waals surface area contributed by atoms with E-state index in [1.807, 2.05) is 13.8 Å². The Kier molecular flexibility index (Phi) is 6.08. The van der Waals surface area contributed by atoms with Crippen LogP contribution in [0.2, 0.25) is 0 Å². The van der Waals surface area contributed by atoms with E-state index < -0.39 is 12.0 Å². The third kappa shape index (κ3) is 5.06. The van der Waals surface area contributed by atoms with Gasteiger partial charge in [0.25, 0.3) is 0 Å². The second kappa shape index (κ2) is 7.33. The predicted octanol–water partition coefficient (Wildman–Crippen LogP) is 0.879. The second-order valence-corrected chi connectivity index (χ2v) is 5.40. The van der Waals surface area contributed by atoms with Crippen LogP contribution < -0.4 is 10.6 Å². The summed E-state index contributed by atoms with van der Waals surface area (Å²) >= 11 is 0. The summed E-state index contributed by atoms with van der Waals surface area (Å²) in [5, 5.41) is 14.5. The lowest BCUT2D eigenvalue weighted by atomic mass is 9.99. The lowest BCUT2D eigenvalue weighted by Crippen LogP contribution is -2.53. The van der Waals surface area contributed by atoms with Crippen LogP contribution in [0.25, 0.3) is 0 Å². The fourth-order valence-electron chi connectivity index (χ4n) is 2.20. The van der Waals surface area contributed by atoms with Gasteiger partial charge in [0.15, 0.2) is 0 Å². The van der Waals surface area contributed by atoms with Crippen molar-refractivity contribution >= 4 is 12.0 Å². The Morgan fingerprint density at radius 1 is 1.37 bits per heavy atom. The molecule has 0 aromatic rings. The first-order chi connectivity index (χ1) is 8.93. The summed E-state index contributed by atoms with van der Waals surface area (Å²) < 4.78 is 0. The molecule has 0 bridgehead atoms. The molecule has 3 N–H and O–H groups in total. The van der Waals surface area contributed by atoms with E-state index in [4.69, 9.17) is 5.11 Å². The number of nitrogens with one attached hydrogen (secondary N) is 2. The van der Waals surface area contributed by atoms with E-state index in [1.165, 1.54) is 0 Å². The summed E-state index contributed by atoms with van der Waals surface area (Å²) in [7, 11) is 2.06. The van der Waals surface area contributed by atoms with Crippen LogP contribution in [0.4, 0.5) is 4.79 Å². The SMILES string of the molecule is CC[C@H](C)[C@H](NC(=O)NC1CCN(C)CC1)C(=O)O. The molecule has 0 spiro atoms. The van der Waals surface area contributed by atoms with Gasteiger partial charge in [-0.15, -0.1) is 0 Å². The molecule has 1 fully saturated rings. The molecule has 1 heterocycles. The molecule has 1 aliphatic heterocycles. The van der Waals surface area contributed by atoms with Crippen LogP contribution in [0.1, 0.15) is 33.1 Å². The van der Waals surface area contributed by atoms with Crippen LogP contribution in [0.3, 0.4) is 0 Å². The van der Waals surface area contributed by atoms with E-state index in [1.54, 1.807) is 0 Å². The molecule has 1 saturated heterocycles. The van der Waals surface area contributed by atoms with E-state index in [0.717, 1.165) is 25.9 Å². The molecule has 0 aromatic heterocycles. The second-order valence-electron chi connectivity index (χ2n) is 5.40. The van der Waals surface area contributed by atoms with Crippen LogP contribution in [-0.4, -0.2) is 54.2 Å². The Bertz CT molecular complexity index is 314. The van der Waals surface area contributed by atoms with Crippen LogP contribution in [-0.2, 0) is 4.79 Å². The van der Waals surface area contributed by atoms with Gasteiger partial charge < -0.3 is 20.6 Å². The van der Waals surface area contributed by atoms with Gasteiger partial charge in [-0.1, -0.05) is 20.3 Å². The van der Waals surface area contributed by atoms with Gasteiger partial charge >= 0.3 is 12.0 Å². The summed E-state index contributed by atoms with van der Waals surface area (Å²) in [6.07, 6.45) is 2.53. The number of nitrogens with zero attached hydrogens (tertiary/aromatic N) is 1. The van der Waals surface area contributed by atoms with Crippen LogP contribution in [0, 0.1) is 5.92 Å². The van der Waals surface area contributed by atoms with Crippen molar-refractivity contribution in [1.82, 2.24) is 15.5 Å². The van der Waals surface area contributed by atoms with Gasteiger partial charge in [-0.3, -0.25) is 0 Å². The summed E-state index contributed by atoms with van der Waals surface area (Å²) in [5.74, 6) is -1.06. The number of hydrogen-bond donors (Lipinski definition) is 3. The van der Waals surface area contributed by atoms with Gasteiger partial charge in [-0.05, 0) is 38.9 Å². The lowest BCUT2D eigenvalue weighted by molar-refractivity contribution is -0.140. The standard InChI is InChI=1S/C13H25N3O3/c1-4-9(2)11(12(17)18)15-13(19)14-10-5-7-16(3)8-6-10/h9-11H,4-8H2,1-3H3,(H,17,18)(H2,14,15,19)/t9-,11-/m0/s1. The predicted molar refractivity (Wildman–Crippen MR) is 73.1 cm³/mol. The zero-order valence-electron chi connectivity index (χ0n) is 12.0. The minimum absolute atomic E-state index is 0.0826. The Morgan fingerprint density at radius 3 is 2.42 bits per heavy atom. The zero-order valence-corrected chi connectivity index (χ0v) is 12.0. The van der Waals surface area contributed by atoms with Crippen molar-refractivity contribution in [3.63, 3.8) is 0 Å². The number of hydrogen-bond acceptors (Lipinski definition) is 3. The summed E-state index contributed by atoms with van der Waals surface area (Å²) in [6.45, 7) is 5.66. The molecule has 0 saturated carbocycles. The first kappa shape index (κ1) is 15.8. The number of rotatable bonds is 5. The number of likely N-dealkylation sites (tertiary alicyclic amines) is 1. The maximum absolute atomic E-state index is 11.8. The molecule has 2 atom stereocenters. The molecular formula is C13H25N3O3. The van der Waals surface area contributed by atoms with Crippen molar-refractivity contribution in [2.24, 2.45) is 5.92 Å². The smallest absolute Gasteiger partial charge is 0.326 e. The van der Waals surface area contributed by atoms with E-state index in [9.17, 15) is 9.59 Å². The highest BCUT2D eigenvalue weighted by atomic mass is 16.4. The summed E-state index contributed by atoms with van der Waals surface area (Å²) in [4.78, 5) is 25.2. The highest BCUT2D eigenvalue weighted by Gasteiger charge is 2.26. The Hall–Kier alpha value is -1.30. The molecule has 19 heavy (non-hydrogen) atoms. The lowest BCUT2D eigenvalue weighted by Gasteiger charge is -2.30. The van der Waals surface area contributed by atoms with E-state index >= 15 is 0 Å². The first-order valence-corrected chi connectivity index (χ1v) is 6.92. The van der Waals surface area contributed by atoms with Crippen molar-refractivity contribution in [3.05, 3.63) is 0 Å². The maximum Gasteiger partial charge on any atom is 0.326 e. The van der Waals surface area contributed by atoms with Gasteiger partial charge in [0.1, 0.15) is 6.04 Å². The van der Waals surface area contributed by atoms with Gasteiger partial charge in [0, 0.05) is 6.04 Å².